The van der Waals surface area contributed by atoms with Gasteiger partial charge in [0.1, 0.15) is 11.5 Å². The monoisotopic (exact) mass is 590 g/mol. The smallest absolute Gasteiger partial charge is 0.472 e. The molecule has 2 unspecified atom stereocenters. The van der Waals surface area contributed by atoms with E-state index < -0.39 is 7.82 Å². The van der Waals surface area contributed by atoms with Gasteiger partial charge in [-0.25, -0.2) is 4.57 Å². The molecule has 2 aromatic rings. The Kier molecular flexibility index (Phi) is 18.7. The number of hydrogen-bond donors (Lipinski definition) is 3. The quantitative estimate of drug-likeness (QED) is 0.118. The van der Waals surface area contributed by atoms with Crippen LogP contribution in [0.1, 0.15) is 117 Å². The van der Waals surface area contributed by atoms with E-state index in [1.165, 1.54) is 11.1 Å². The lowest BCUT2D eigenvalue weighted by Gasteiger charge is -2.20. The van der Waals surface area contributed by atoms with Crippen molar-refractivity contribution in [2.45, 2.75) is 106 Å². The van der Waals surface area contributed by atoms with Gasteiger partial charge in [0, 0.05) is 0 Å². The number of phosphoric ester groups is 1. The molecule has 0 heterocycles. The van der Waals surface area contributed by atoms with E-state index in [1.807, 2.05) is 24.3 Å². The van der Waals surface area contributed by atoms with E-state index in [2.05, 4.69) is 41.5 Å². The van der Waals surface area contributed by atoms with Gasteiger partial charge >= 0.3 is 7.82 Å². The molecule has 41 heavy (non-hydrogen) atoms. The molecule has 0 bridgehead atoms. The zero-order valence-electron chi connectivity index (χ0n) is 26.3. The Hall–Kier alpha value is -2.11. The highest BCUT2D eigenvalue weighted by Gasteiger charge is 2.24. The summed E-state index contributed by atoms with van der Waals surface area (Å²) in [4.78, 5) is 9.77. The number of phosphoric acid groups is 1. The lowest BCUT2D eigenvalue weighted by atomic mass is 9.91. The standard InChI is InChI=1S/C18H20O2.C16H35O4P/c1-3-17(13-5-9-15(19)10-6-13)18(4-2)14-7-11-16(20)12-8-14;1-5-9-11-15(7-3)13-19-21(17,18)20-14-16(8-4)12-10-6-2/h5-12,19-20H,3-4H2,1-2H3;15-16H,5-14H2,1-4H3,(H,17,18)/b18-17+;. The van der Waals surface area contributed by atoms with Gasteiger partial charge in [-0.1, -0.05) is 104 Å². The van der Waals surface area contributed by atoms with Crippen LogP contribution < -0.4 is 0 Å². The predicted octanol–water partition coefficient (Wildman–Crippen LogP) is 10.4. The number of unbranched alkanes of at least 4 members (excludes halogenated alkanes) is 2. The third-order valence-electron chi connectivity index (χ3n) is 7.54. The van der Waals surface area contributed by atoms with Crippen LogP contribution in [-0.2, 0) is 13.6 Å². The molecule has 0 amide bonds. The number of phenolic OH excluding ortho intramolecular Hbond substituents is 2. The maximum absolute atomic E-state index is 11.9. The fraction of sp³-hybridized carbons (Fsp3) is 0.588. The molecule has 2 rings (SSSR count). The summed E-state index contributed by atoms with van der Waals surface area (Å²) in [5, 5.41) is 18.8. The Labute approximate surface area is 249 Å². The SMILES string of the molecule is CC/C(=C(/CC)c1ccc(O)cc1)c1ccc(O)cc1.CCCCC(CC)COP(=O)(O)OCC(CC)CCCC. The first kappa shape index (κ1) is 36.9. The number of hydrogen-bond acceptors (Lipinski definition) is 5. The number of allylic oxidation sites excluding steroid dienone is 2. The minimum Gasteiger partial charge on any atom is -0.508 e. The summed E-state index contributed by atoms with van der Waals surface area (Å²) in [5.41, 5.74) is 4.82. The molecule has 0 saturated carbocycles. The number of rotatable bonds is 18. The van der Waals surface area contributed by atoms with Crippen molar-refractivity contribution >= 4 is 19.0 Å². The molecule has 0 spiro atoms. The molecule has 0 aliphatic carbocycles. The van der Waals surface area contributed by atoms with Gasteiger partial charge in [0.05, 0.1) is 13.2 Å². The molecule has 6 nitrogen and oxygen atoms in total. The highest BCUT2D eigenvalue weighted by atomic mass is 31.2. The molecule has 0 saturated heterocycles. The lowest BCUT2D eigenvalue weighted by Crippen LogP contribution is -2.12. The molecule has 3 N–H and O–H groups in total. The van der Waals surface area contributed by atoms with Gasteiger partial charge in [-0.3, -0.25) is 9.05 Å². The summed E-state index contributed by atoms with van der Waals surface area (Å²) in [6, 6.07) is 14.7. The first-order valence-electron chi connectivity index (χ1n) is 15.6. The topological polar surface area (TPSA) is 96.2 Å². The summed E-state index contributed by atoms with van der Waals surface area (Å²) < 4.78 is 22.2. The molecule has 232 valence electrons. The normalized spacial score (nSPS) is 14.8. The lowest BCUT2D eigenvalue weighted by molar-refractivity contribution is 0.110. The Morgan fingerprint density at radius 1 is 0.659 bits per heavy atom. The van der Waals surface area contributed by atoms with Crippen molar-refractivity contribution in [1.29, 1.82) is 0 Å². The van der Waals surface area contributed by atoms with Crippen LogP contribution in [0.4, 0.5) is 0 Å². The molecule has 0 aliphatic heterocycles. The maximum atomic E-state index is 11.9. The van der Waals surface area contributed by atoms with Crippen molar-refractivity contribution in [2.24, 2.45) is 11.8 Å². The third-order valence-corrected chi connectivity index (χ3v) is 8.49. The van der Waals surface area contributed by atoms with Crippen molar-refractivity contribution in [1.82, 2.24) is 0 Å². The van der Waals surface area contributed by atoms with Crippen LogP contribution in [-0.4, -0.2) is 28.3 Å². The van der Waals surface area contributed by atoms with Crippen molar-refractivity contribution in [2.75, 3.05) is 13.2 Å². The van der Waals surface area contributed by atoms with E-state index in [4.69, 9.17) is 9.05 Å². The largest absolute Gasteiger partial charge is 0.508 e. The van der Waals surface area contributed by atoms with E-state index in [-0.39, 0.29) is 11.5 Å². The summed E-state index contributed by atoms with van der Waals surface area (Å²) in [5.74, 6) is 1.26. The van der Waals surface area contributed by atoms with E-state index >= 15 is 0 Å². The average molecular weight is 591 g/mol. The molecular weight excluding hydrogens is 535 g/mol. The minimum atomic E-state index is -3.89. The van der Waals surface area contributed by atoms with Gasteiger partial charge < -0.3 is 15.1 Å². The van der Waals surface area contributed by atoms with Crippen LogP contribution in [0.3, 0.4) is 0 Å². The minimum absolute atomic E-state index is 0.284. The van der Waals surface area contributed by atoms with Crippen LogP contribution in [0.5, 0.6) is 11.5 Å². The number of aromatic hydroxyl groups is 2. The molecular formula is C34H55O6P. The third kappa shape index (κ3) is 14.6. The Balaban J connectivity index is 0.000000410. The Morgan fingerprint density at radius 2 is 1.00 bits per heavy atom. The second-order valence-electron chi connectivity index (χ2n) is 10.7. The second-order valence-corrected chi connectivity index (χ2v) is 12.1. The summed E-state index contributed by atoms with van der Waals surface area (Å²) in [6.07, 6.45) is 10.4. The maximum Gasteiger partial charge on any atom is 0.472 e. The summed E-state index contributed by atoms with van der Waals surface area (Å²) in [7, 11) is -3.89. The summed E-state index contributed by atoms with van der Waals surface area (Å²) >= 11 is 0. The number of benzene rings is 2. The van der Waals surface area contributed by atoms with Gasteiger partial charge in [-0.15, -0.1) is 0 Å². The average Bonchev–Trinajstić information content (AvgIpc) is 2.97. The Bertz CT molecular complexity index is 953. The van der Waals surface area contributed by atoms with Crippen molar-refractivity contribution < 1.29 is 28.7 Å². The molecule has 0 aromatic heterocycles. The fourth-order valence-electron chi connectivity index (χ4n) is 4.74. The van der Waals surface area contributed by atoms with Gasteiger partial charge in [0.25, 0.3) is 0 Å². The zero-order chi connectivity index (χ0) is 30.7. The van der Waals surface area contributed by atoms with E-state index in [0.717, 1.165) is 75.3 Å². The summed E-state index contributed by atoms with van der Waals surface area (Å²) in [6.45, 7) is 13.4. The van der Waals surface area contributed by atoms with E-state index in [1.54, 1.807) is 24.3 Å². The van der Waals surface area contributed by atoms with Crippen molar-refractivity contribution in [3.05, 3.63) is 59.7 Å². The van der Waals surface area contributed by atoms with Crippen molar-refractivity contribution in [3.63, 3.8) is 0 Å². The fourth-order valence-corrected chi connectivity index (χ4v) is 5.61. The number of phenols is 2. The van der Waals surface area contributed by atoms with E-state index in [0.29, 0.717) is 25.0 Å². The van der Waals surface area contributed by atoms with Crippen LogP contribution >= 0.6 is 7.82 Å². The molecule has 0 radical (unpaired) electrons. The highest BCUT2D eigenvalue weighted by molar-refractivity contribution is 7.47. The molecule has 2 aromatic carbocycles. The zero-order valence-corrected chi connectivity index (χ0v) is 27.2. The van der Waals surface area contributed by atoms with Crippen LogP contribution in [0.15, 0.2) is 48.5 Å². The van der Waals surface area contributed by atoms with Gasteiger partial charge in [-0.05, 0) is 84.1 Å². The van der Waals surface area contributed by atoms with Gasteiger partial charge in [0.2, 0.25) is 0 Å². The highest BCUT2D eigenvalue weighted by Crippen LogP contribution is 2.44. The van der Waals surface area contributed by atoms with Gasteiger partial charge in [0.15, 0.2) is 0 Å². The van der Waals surface area contributed by atoms with Crippen molar-refractivity contribution in [3.8, 4) is 11.5 Å². The predicted molar refractivity (Wildman–Crippen MR) is 172 cm³/mol. The molecule has 0 aliphatic rings. The van der Waals surface area contributed by atoms with Gasteiger partial charge in [-0.2, -0.15) is 0 Å². The van der Waals surface area contributed by atoms with E-state index in [9.17, 15) is 19.7 Å². The molecule has 0 fully saturated rings. The van der Waals surface area contributed by atoms with Crippen LogP contribution in [0.2, 0.25) is 0 Å². The molecule has 2 atom stereocenters. The Morgan fingerprint density at radius 3 is 1.27 bits per heavy atom. The first-order valence-corrected chi connectivity index (χ1v) is 17.1. The molecule has 7 heteroatoms. The van der Waals surface area contributed by atoms with Crippen LogP contribution in [0, 0.1) is 11.8 Å². The second kappa shape index (κ2) is 20.7. The van der Waals surface area contributed by atoms with Crippen LogP contribution in [0.25, 0.3) is 11.1 Å². The first-order chi connectivity index (χ1) is 19.6.